The van der Waals surface area contributed by atoms with Crippen LogP contribution in [0.4, 0.5) is 0 Å². The Labute approximate surface area is 75.9 Å². The Balaban J connectivity index is 2.82. The Kier molecular flexibility index (Phi) is 1.89. The lowest BCUT2D eigenvalue weighted by Crippen LogP contribution is -2.33. The lowest BCUT2D eigenvalue weighted by atomic mass is 10.1. The predicted molar refractivity (Wildman–Crippen MR) is 53.5 cm³/mol. The van der Waals surface area contributed by atoms with Gasteiger partial charge in [-0.1, -0.05) is 31.2 Å². The molecule has 1 unspecified atom stereocenters. The Morgan fingerprint density at radius 2 is 2.23 bits per heavy atom. The maximum Gasteiger partial charge on any atom is 0.248 e. The van der Waals surface area contributed by atoms with Crippen molar-refractivity contribution in [2.45, 2.75) is 6.92 Å². The van der Waals surface area contributed by atoms with E-state index in [2.05, 4.69) is 24.1 Å². The number of allylic oxidation sites excluding steroid dienone is 2. The molecule has 0 aliphatic heterocycles. The zero-order chi connectivity index (χ0) is 9.26. The number of rotatable bonds is 0. The summed E-state index contributed by atoms with van der Waals surface area (Å²) < 4.78 is 0. The van der Waals surface area contributed by atoms with Gasteiger partial charge in [-0.2, -0.15) is 0 Å². The minimum atomic E-state index is -0.0440. The first kappa shape index (κ1) is 8.05. The van der Waals surface area contributed by atoms with E-state index in [1.807, 2.05) is 18.2 Å². The second-order valence-corrected chi connectivity index (χ2v) is 3.27. The molecule has 2 nitrogen and oxygen atoms in total. The van der Waals surface area contributed by atoms with Gasteiger partial charge in [0.1, 0.15) is 0 Å². The Morgan fingerprint density at radius 3 is 3.08 bits per heavy atom. The smallest absolute Gasteiger partial charge is 0.248 e. The van der Waals surface area contributed by atoms with Gasteiger partial charge < -0.3 is 4.98 Å². The summed E-state index contributed by atoms with van der Waals surface area (Å²) in [6, 6.07) is 3.39. The molecular formula is C11H11NO. The number of H-pyrrole nitrogens is 1. The summed E-state index contributed by atoms with van der Waals surface area (Å²) in [7, 11) is 0. The molecule has 2 heteroatoms. The maximum absolute atomic E-state index is 11.1. The van der Waals surface area contributed by atoms with Gasteiger partial charge in [-0.25, -0.2) is 0 Å². The number of hydrogen-bond donors (Lipinski definition) is 1. The molecule has 2 rings (SSSR count). The largest absolute Gasteiger partial charge is 0.322 e. The van der Waals surface area contributed by atoms with Crippen LogP contribution < -0.4 is 16.1 Å². The van der Waals surface area contributed by atoms with Crippen molar-refractivity contribution in [1.82, 2.24) is 4.98 Å². The van der Waals surface area contributed by atoms with Crippen molar-refractivity contribution >= 4 is 12.2 Å². The van der Waals surface area contributed by atoms with E-state index in [1.54, 1.807) is 6.07 Å². The Bertz CT molecular complexity index is 508. The van der Waals surface area contributed by atoms with Gasteiger partial charge in [0.25, 0.3) is 0 Å². The molecule has 1 N–H and O–H groups in total. The quantitative estimate of drug-likeness (QED) is 0.595. The number of fused-ring (bicyclic) bond motifs is 1. The van der Waals surface area contributed by atoms with Crippen molar-refractivity contribution in [1.29, 1.82) is 0 Å². The predicted octanol–water partition coefficient (Wildman–Crippen LogP) is 0.142. The minimum Gasteiger partial charge on any atom is -0.322 e. The molecule has 1 aromatic rings. The Hall–Kier alpha value is -1.57. The van der Waals surface area contributed by atoms with Crippen LogP contribution in [-0.4, -0.2) is 4.98 Å². The summed E-state index contributed by atoms with van der Waals surface area (Å²) in [5.41, 5.74) is -0.0440. The number of nitrogens with one attached hydrogen (secondary N) is 1. The van der Waals surface area contributed by atoms with Crippen LogP contribution >= 0.6 is 0 Å². The molecule has 1 atom stereocenters. The second kappa shape index (κ2) is 3.05. The fourth-order valence-corrected chi connectivity index (χ4v) is 1.44. The number of aromatic amines is 1. The summed E-state index contributed by atoms with van der Waals surface area (Å²) >= 11 is 0. The van der Waals surface area contributed by atoms with E-state index in [9.17, 15) is 4.79 Å². The van der Waals surface area contributed by atoms with Crippen molar-refractivity contribution in [2.24, 2.45) is 5.92 Å². The van der Waals surface area contributed by atoms with Crippen LogP contribution in [0.15, 0.2) is 29.1 Å². The summed E-state index contributed by atoms with van der Waals surface area (Å²) in [6.45, 7) is 2.09. The highest BCUT2D eigenvalue weighted by Crippen LogP contribution is 1.98. The zero-order valence-electron chi connectivity index (χ0n) is 7.45. The summed E-state index contributed by atoms with van der Waals surface area (Å²) in [5.74, 6) is 0.371. The van der Waals surface area contributed by atoms with E-state index < -0.39 is 0 Å². The van der Waals surface area contributed by atoms with Crippen LogP contribution in [0.2, 0.25) is 0 Å². The third-order valence-corrected chi connectivity index (χ3v) is 2.10. The molecule has 0 fully saturated rings. The fraction of sp³-hybridized carbons (Fsp3) is 0.182. The molecule has 1 aliphatic rings. The molecule has 13 heavy (non-hydrogen) atoms. The Morgan fingerprint density at radius 1 is 1.38 bits per heavy atom. The van der Waals surface area contributed by atoms with Gasteiger partial charge in [0.15, 0.2) is 0 Å². The molecule has 66 valence electrons. The van der Waals surface area contributed by atoms with Crippen molar-refractivity contribution in [3.8, 4) is 0 Å². The van der Waals surface area contributed by atoms with Gasteiger partial charge in [-0.05, 0) is 17.2 Å². The van der Waals surface area contributed by atoms with Crippen molar-refractivity contribution in [2.75, 3.05) is 0 Å². The van der Waals surface area contributed by atoms with E-state index in [0.29, 0.717) is 5.92 Å². The lowest BCUT2D eigenvalue weighted by Gasteiger charge is -1.93. The summed E-state index contributed by atoms with van der Waals surface area (Å²) in [6.07, 6.45) is 8.17. The molecule has 0 saturated heterocycles. The van der Waals surface area contributed by atoms with Crippen molar-refractivity contribution < 1.29 is 0 Å². The topological polar surface area (TPSA) is 32.9 Å². The first-order valence-corrected chi connectivity index (χ1v) is 4.35. The standard InChI is InChI=1S/C11H11NO/c1-8-3-2-4-9-5-6-11(13)12-10(9)7-8/h2-8H,1H3,(H,12,13). The molecule has 0 amide bonds. The van der Waals surface area contributed by atoms with Crippen molar-refractivity contribution in [3.63, 3.8) is 0 Å². The van der Waals surface area contributed by atoms with E-state index in [1.165, 1.54) is 0 Å². The molecule has 0 radical (unpaired) electrons. The molecule has 0 aromatic carbocycles. The van der Waals surface area contributed by atoms with Crippen LogP contribution in [0.3, 0.4) is 0 Å². The van der Waals surface area contributed by atoms with Crippen LogP contribution in [0.1, 0.15) is 6.92 Å². The van der Waals surface area contributed by atoms with Gasteiger partial charge in [0.05, 0.1) is 0 Å². The fourth-order valence-electron chi connectivity index (χ4n) is 1.44. The number of hydrogen-bond acceptors (Lipinski definition) is 1. The highest BCUT2D eigenvalue weighted by atomic mass is 16.1. The van der Waals surface area contributed by atoms with E-state index >= 15 is 0 Å². The molecule has 1 heterocycles. The number of aromatic nitrogens is 1. The number of pyridine rings is 1. The third-order valence-electron chi connectivity index (χ3n) is 2.10. The summed E-state index contributed by atoms with van der Waals surface area (Å²) in [4.78, 5) is 13.9. The second-order valence-electron chi connectivity index (χ2n) is 3.27. The minimum absolute atomic E-state index is 0.0440. The molecule has 0 bridgehead atoms. The molecular weight excluding hydrogens is 162 g/mol. The summed E-state index contributed by atoms with van der Waals surface area (Å²) in [5, 5.41) is 1.99. The third kappa shape index (κ3) is 1.61. The average molecular weight is 173 g/mol. The van der Waals surface area contributed by atoms with E-state index in [0.717, 1.165) is 10.6 Å². The van der Waals surface area contributed by atoms with Crippen LogP contribution in [-0.2, 0) is 0 Å². The van der Waals surface area contributed by atoms with Gasteiger partial charge in [-0.15, -0.1) is 0 Å². The van der Waals surface area contributed by atoms with Gasteiger partial charge >= 0.3 is 0 Å². The molecule has 1 aromatic heterocycles. The lowest BCUT2D eigenvalue weighted by molar-refractivity contribution is 0.985. The highest BCUT2D eigenvalue weighted by Gasteiger charge is 1.95. The first-order chi connectivity index (χ1) is 6.25. The van der Waals surface area contributed by atoms with Crippen LogP contribution in [0, 0.1) is 5.92 Å². The van der Waals surface area contributed by atoms with Crippen LogP contribution in [0.5, 0.6) is 0 Å². The van der Waals surface area contributed by atoms with E-state index in [-0.39, 0.29) is 5.56 Å². The normalized spacial score (nSPS) is 19.6. The first-order valence-electron chi connectivity index (χ1n) is 4.35. The van der Waals surface area contributed by atoms with E-state index in [4.69, 9.17) is 0 Å². The van der Waals surface area contributed by atoms with Gasteiger partial charge in [0, 0.05) is 11.4 Å². The highest BCUT2D eigenvalue weighted by molar-refractivity contribution is 5.43. The zero-order valence-corrected chi connectivity index (χ0v) is 7.45. The molecule has 0 saturated carbocycles. The maximum atomic E-state index is 11.1. The molecule has 0 spiro atoms. The molecule has 1 aliphatic carbocycles. The SMILES string of the molecule is CC1C=CC=c2ccc(=O)[nH]c2=C1. The van der Waals surface area contributed by atoms with Gasteiger partial charge in [-0.3, -0.25) is 4.79 Å². The monoisotopic (exact) mass is 173 g/mol. The van der Waals surface area contributed by atoms with Gasteiger partial charge in [0.2, 0.25) is 5.56 Å². The average Bonchev–Trinajstić information content (AvgIpc) is 2.25. The van der Waals surface area contributed by atoms with Crippen molar-refractivity contribution in [3.05, 3.63) is 45.2 Å². The van der Waals surface area contributed by atoms with Crippen LogP contribution in [0.25, 0.3) is 12.2 Å².